The van der Waals surface area contributed by atoms with E-state index in [0.29, 0.717) is 0 Å². The SMILES string of the molecule is CC(C)(C)C(NC(=O)O)C(=O)F. The molecule has 0 aromatic carbocycles. The number of carbonyl (C=O) groups is 2. The molecule has 4 nitrogen and oxygen atoms in total. The first kappa shape index (κ1) is 10.9. The van der Waals surface area contributed by atoms with Crippen LogP contribution in [0.25, 0.3) is 0 Å². The molecule has 0 aliphatic rings. The number of amides is 1. The highest BCUT2D eigenvalue weighted by Crippen LogP contribution is 2.20. The molecule has 5 heteroatoms. The maximum Gasteiger partial charge on any atom is 0.405 e. The Morgan fingerprint density at radius 3 is 1.92 bits per heavy atom. The number of carbonyl (C=O) groups excluding carboxylic acids is 1. The van der Waals surface area contributed by atoms with Crippen molar-refractivity contribution in [3.63, 3.8) is 0 Å². The minimum absolute atomic E-state index is 0.746. The molecule has 0 spiro atoms. The molecule has 1 amide bonds. The lowest BCUT2D eigenvalue weighted by molar-refractivity contribution is -0.133. The summed E-state index contributed by atoms with van der Waals surface area (Å²) in [6.07, 6.45) is -1.40. The van der Waals surface area contributed by atoms with Crippen molar-refractivity contribution in [1.29, 1.82) is 0 Å². The molecule has 1 atom stereocenters. The van der Waals surface area contributed by atoms with Crippen LogP contribution in [0.3, 0.4) is 0 Å². The van der Waals surface area contributed by atoms with Crippen LogP contribution in [-0.4, -0.2) is 23.3 Å². The largest absolute Gasteiger partial charge is 0.465 e. The summed E-state index contributed by atoms with van der Waals surface area (Å²) in [4.78, 5) is 20.5. The maximum atomic E-state index is 12.3. The molecule has 0 saturated heterocycles. The quantitative estimate of drug-likeness (QED) is 0.622. The fourth-order valence-electron chi connectivity index (χ4n) is 0.737. The van der Waals surface area contributed by atoms with Gasteiger partial charge in [-0.05, 0) is 5.41 Å². The van der Waals surface area contributed by atoms with Gasteiger partial charge in [0.05, 0.1) is 0 Å². The summed E-state index contributed by atoms with van der Waals surface area (Å²) in [5.74, 6) is 0. The Morgan fingerprint density at radius 1 is 1.42 bits per heavy atom. The first-order valence-electron chi connectivity index (χ1n) is 3.44. The molecule has 0 bridgehead atoms. The van der Waals surface area contributed by atoms with E-state index in [9.17, 15) is 14.0 Å². The molecule has 1 unspecified atom stereocenters. The molecule has 12 heavy (non-hydrogen) atoms. The Bertz CT molecular complexity index is 197. The van der Waals surface area contributed by atoms with E-state index < -0.39 is 23.6 Å². The van der Waals surface area contributed by atoms with E-state index in [-0.39, 0.29) is 0 Å². The van der Waals surface area contributed by atoms with Crippen molar-refractivity contribution in [2.75, 3.05) is 0 Å². The highest BCUT2D eigenvalue weighted by Gasteiger charge is 2.32. The van der Waals surface area contributed by atoms with Crippen LogP contribution in [0, 0.1) is 5.41 Å². The van der Waals surface area contributed by atoms with Gasteiger partial charge >= 0.3 is 12.1 Å². The molecule has 0 aromatic rings. The highest BCUT2D eigenvalue weighted by molar-refractivity contribution is 5.80. The van der Waals surface area contributed by atoms with Crippen LogP contribution in [0.15, 0.2) is 0 Å². The van der Waals surface area contributed by atoms with Crippen molar-refractivity contribution in [1.82, 2.24) is 5.32 Å². The van der Waals surface area contributed by atoms with E-state index in [1.165, 1.54) is 0 Å². The molecule has 0 aromatic heterocycles. The minimum atomic E-state index is -1.66. The molecule has 0 aliphatic heterocycles. The van der Waals surface area contributed by atoms with E-state index in [1.807, 2.05) is 5.32 Å². The van der Waals surface area contributed by atoms with Gasteiger partial charge in [-0.1, -0.05) is 20.8 Å². The van der Waals surface area contributed by atoms with Crippen LogP contribution >= 0.6 is 0 Å². The second-order valence-electron chi connectivity index (χ2n) is 3.55. The number of nitrogens with one attached hydrogen (secondary N) is 1. The number of hydrogen-bond acceptors (Lipinski definition) is 2. The normalized spacial score (nSPS) is 13.7. The molecule has 0 saturated carbocycles. The molecule has 70 valence electrons. The van der Waals surface area contributed by atoms with Crippen molar-refractivity contribution >= 4 is 12.1 Å². The number of rotatable bonds is 2. The molecule has 0 radical (unpaired) electrons. The summed E-state index contributed by atoms with van der Waals surface area (Å²) in [5.41, 5.74) is -0.746. The molecular formula is C7H12FNO3. The number of carboxylic acid groups (broad SMARTS) is 1. The van der Waals surface area contributed by atoms with E-state index >= 15 is 0 Å². The molecule has 0 heterocycles. The Hall–Kier alpha value is -1.13. The van der Waals surface area contributed by atoms with Gasteiger partial charge in [0.1, 0.15) is 6.04 Å². The lowest BCUT2D eigenvalue weighted by Crippen LogP contribution is -2.47. The molecule has 0 fully saturated rings. The second-order valence-corrected chi connectivity index (χ2v) is 3.55. The lowest BCUT2D eigenvalue weighted by Gasteiger charge is -2.25. The maximum absolute atomic E-state index is 12.3. The third-order valence-electron chi connectivity index (χ3n) is 1.36. The second kappa shape index (κ2) is 3.51. The van der Waals surface area contributed by atoms with Crippen molar-refractivity contribution < 1.29 is 19.1 Å². The van der Waals surface area contributed by atoms with Crippen molar-refractivity contribution in [2.24, 2.45) is 5.41 Å². The van der Waals surface area contributed by atoms with Gasteiger partial charge in [-0.3, -0.25) is 4.79 Å². The predicted octanol–water partition coefficient (Wildman–Crippen LogP) is 1.16. The van der Waals surface area contributed by atoms with E-state index in [2.05, 4.69) is 0 Å². The molecular weight excluding hydrogens is 165 g/mol. The van der Waals surface area contributed by atoms with Crippen LogP contribution in [0.1, 0.15) is 20.8 Å². The zero-order valence-corrected chi connectivity index (χ0v) is 7.22. The van der Waals surface area contributed by atoms with Crippen molar-refractivity contribution in [2.45, 2.75) is 26.8 Å². The van der Waals surface area contributed by atoms with Crippen LogP contribution in [0.5, 0.6) is 0 Å². The lowest BCUT2D eigenvalue weighted by atomic mass is 9.87. The fourth-order valence-corrected chi connectivity index (χ4v) is 0.737. The average molecular weight is 177 g/mol. The van der Waals surface area contributed by atoms with Crippen LogP contribution in [-0.2, 0) is 4.79 Å². The third kappa shape index (κ3) is 3.32. The average Bonchev–Trinajstić information content (AvgIpc) is 1.79. The monoisotopic (exact) mass is 177 g/mol. The summed E-state index contributed by atoms with van der Waals surface area (Å²) >= 11 is 0. The van der Waals surface area contributed by atoms with E-state index in [4.69, 9.17) is 5.11 Å². The minimum Gasteiger partial charge on any atom is -0.465 e. The van der Waals surface area contributed by atoms with Gasteiger partial charge in [0.25, 0.3) is 0 Å². The predicted molar refractivity (Wildman–Crippen MR) is 40.5 cm³/mol. The Labute approximate surface area is 69.8 Å². The van der Waals surface area contributed by atoms with Crippen LogP contribution < -0.4 is 5.32 Å². The fraction of sp³-hybridized carbons (Fsp3) is 0.714. The van der Waals surface area contributed by atoms with E-state index in [1.54, 1.807) is 20.8 Å². The summed E-state index contributed by atoms with van der Waals surface area (Å²) in [7, 11) is 0. The number of hydrogen-bond donors (Lipinski definition) is 2. The van der Waals surface area contributed by atoms with Gasteiger partial charge in [0, 0.05) is 0 Å². The topological polar surface area (TPSA) is 66.4 Å². The summed E-state index contributed by atoms with van der Waals surface area (Å²) in [6.45, 7) is 4.72. The summed E-state index contributed by atoms with van der Waals surface area (Å²) in [5, 5.41) is 10.1. The van der Waals surface area contributed by atoms with Gasteiger partial charge in [0.2, 0.25) is 0 Å². The summed E-state index contributed by atoms with van der Waals surface area (Å²) < 4.78 is 12.3. The summed E-state index contributed by atoms with van der Waals surface area (Å²) in [6, 6.07) is -2.96. The first-order valence-corrected chi connectivity index (χ1v) is 3.44. The van der Waals surface area contributed by atoms with Crippen LogP contribution in [0.4, 0.5) is 9.18 Å². The zero-order chi connectivity index (χ0) is 9.94. The van der Waals surface area contributed by atoms with Gasteiger partial charge < -0.3 is 10.4 Å². The standard InChI is InChI=1S/C7H12FNO3/c1-7(2,3)4(5(8)10)9-6(11)12/h4,9H,1-3H3,(H,11,12). The van der Waals surface area contributed by atoms with Crippen molar-refractivity contribution in [3.05, 3.63) is 0 Å². The molecule has 0 aliphatic carbocycles. The van der Waals surface area contributed by atoms with Gasteiger partial charge in [-0.15, -0.1) is 0 Å². The highest BCUT2D eigenvalue weighted by atomic mass is 19.1. The van der Waals surface area contributed by atoms with Gasteiger partial charge in [-0.25, -0.2) is 4.79 Å². The Kier molecular flexibility index (Phi) is 3.18. The van der Waals surface area contributed by atoms with Gasteiger partial charge in [-0.2, -0.15) is 4.39 Å². The van der Waals surface area contributed by atoms with Crippen LogP contribution in [0.2, 0.25) is 0 Å². The molecule has 2 N–H and O–H groups in total. The molecule has 0 rings (SSSR count). The number of halogens is 1. The van der Waals surface area contributed by atoms with Crippen molar-refractivity contribution in [3.8, 4) is 0 Å². The smallest absolute Gasteiger partial charge is 0.405 e. The Morgan fingerprint density at radius 2 is 1.83 bits per heavy atom. The first-order chi connectivity index (χ1) is 5.25. The third-order valence-corrected chi connectivity index (χ3v) is 1.36. The Balaban J connectivity index is 4.46. The van der Waals surface area contributed by atoms with E-state index in [0.717, 1.165) is 0 Å². The zero-order valence-electron chi connectivity index (χ0n) is 7.22. The van der Waals surface area contributed by atoms with Gasteiger partial charge in [0.15, 0.2) is 0 Å².